The Morgan fingerprint density at radius 3 is 2.14 bits per heavy atom. The number of thiophene rings is 1. The van der Waals surface area contributed by atoms with Gasteiger partial charge in [-0.2, -0.15) is 0 Å². The molecule has 0 amide bonds. The van der Waals surface area contributed by atoms with Crippen LogP contribution in [0.3, 0.4) is 0 Å². The van der Waals surface area contributed by atoms with E-state index in [9.17, 15) is 0 Å². The SMILES string of the molecule is CC(C)(C)SC#Cc1c2c(c(C#CSC(C)(C)C)c3c1ccc1c4ccccc4sc13)C=CC1c3ccccc3SC21. The molecule has 1 aliphatic carbocycles. The van der Waals surface area contributed by atoms with Crippen molar-refractivity contribution in [2.75, 3.05) is 0 Å². The molecule has 0 saturated heterocycles. The maximum absolute atomic E-state index is 3.73. The van der Waals surface area contributed by atoms with Gasteiger partial charge < -0.3 is 0 Å². The van der Waals surface area contributed by atoms with E-state index < -0.39 is 0 Å². The standard InChI is InChI=1S/C38H32S4/c1-37(2,3)39-21-19-27-25-15-17-30-24-12-8-10-14-32(24)42-36(30)34(25)28(20-22-40-38(4,5)6)26-16-18-29-23-11-7-9-13-31(23)41-35(29)33(26)27/h7-18,29,35H,1-6H3. The molecule has 0 bridgehead atoms. The average Bonchev–Trinajstić information content (AvgIpc) is 3.51. The zero-order chi connectivity index (χ0) is 29.2. The second kappa shape index (κ2) is 10.5. The van der Waals surface area contributed by atoms with Gasteiger partial charge in [-0.1, -0.05) is 138 Å². The predicted octanol–water partition coefficient (Wildman–Crippen LogP) is 11.8. The van der Waals surface area contributed by atoms with Crippen molar-refractivity contribution in [3.8, 4) is 22.3 Å². The predicted molar refractivity (Wildman–Crippen MR) is 192 cm³/mol. The second-order valence-electron chi connectivity index (χ2n) is 12.9. The molecule has 0 radical (unpaired) electrons. The zero-order valence-electron chi connectivity index (χ0n) is 24.7. The van der Waals surface area contributed by atoms with Gasteiger partial charge in [0.25, 0.3) is 0 Å². The molecular formula is C38H32S4. The lowest BCUT2D eigenvalue weighted by Crippen LogP contribution is -2.11. The van der Waals surface area contributed by atoms with Gasteiger partial charge in [-0.15, -0.1) is 23.1 Å². The quantitative estimate of drug-likeness (QED) is 0.159. The van der Waals surface area contributed by atoms with Gasteiger partial charge in [-0.05, 0) is 39.3 Å². The lowest BCUT2D eigenvalue weighted by molar-refractivity contribution is 0.808. The average molecular weight is 617 g/mol. The molecule has 0 nitrogen and oxygen atoms in total. The number of benzene rings is 4. The van der Waals surface area contributed by atoms with Crippen molar-refractivity contribution < 1.29 is 0 Å². The van der Waals surface area contributed by atoms with Crippen LogP contribution in [-0.2, 0) is 0 Å². The second-order valence-corrected chi connectivity index (χ2v) is 18.4. The van der Waals surface area contributed by atoms with Crippen molar-refractivity contribution in [2.24, 2.45) is 0 Å². The van der Waals surface area contributed by atoms with Crippen LogP contribution in [-0.4, -0.2) is 9.49 Å². The van der Waals surface area contributed by atoms with Crippen LogP contribution in [0.2, 0.25) is 0 Å². The maximum Gasteiger partial charge on any atom is 0.0467 e. The number of allylic oxidation sites excluding steroid dienone is 1. The molecule has 2 aliphatic rings. The first-order valence-corrected chi connectivity index (χ1v) is 17.7. The van der Waals surface area contributed by atoms with E-state index in [0.29, 0.717) is 5.92 Å². The summed E-state index contributed by atoms with van der Waals surface area (Å²) in [5, 5.41) is 12.5. The first-order valence-electron chi connectivity index (χ1n) is 14.3. The fourth-order valence-corrected chi connectivity index (χ4v) is 9.56. The molecule has 1 aromatic heterocycles. The highest BCUT2D eigenvalue weighted by molar-refractivity contribution is 8.05. The van der Waals surface area contributed by atoms with Gasteiger partial charge >= 0.3 is 0 Å². The Hall–Kier alpha value is -2.73. The van der Waals surface area contributed by atoms with E-state index in [-0.39, 0.29) is 14.7 Å². The largest absolute Gasteiger partial charge is 0.134 e. The molecule has 208 valence electrons. The van der Waals surface area contributed by atoms with E-state index >= 15 is 0 Å². The highest BCUT2D eigenvalue weighted by atomic mass is 32.2. The zero-order valence-corrected chi connectivity index (χ0v) is 28.0. The molecule has 5 aromatic rings. The molecule has 7 rings (SSSR count). The molecule has 4 heteroatoms. The van der Waals surface area contributed by atoms with Gasteiger partial charge in [0.2, 0.25) is 0 Å². The van der Waals surface area contributed by atoms with Crippen LogP contribution >= 0.6 is 46.6 Å². The molecule has 2 unspecified atom stereocenters. The van der Waals surface area contributed by atoms with Crippen LogP contribution in [0.25, 0.3) is 37.0 Å². The Balaban J connectivity index is 1.59. The number of fused-ring (bicyclic) bond motifs is 10. The van der Waals surface area contributed by atoms with Gasteiger partial charge in [0.1, 0.15) is 0 Å². The van der Waals surface area contributed by atoms with Gasteiger partial charge in [0.05, 0.1) is 0 Å². The molecule has 2 atom stereocenters. The number of hydrogen-bond donors (Lipinski definition) is 0. The summed E-state index contributed by atoms with van der Waals surface area (Å²) in [5.41, 5.74) is 6.34. The fraction of sp³-hybridized carbons (Fsp3) is 0.263. The van der Waals surface area contributed by atoms with Crippen LogP contribution in [0, 0.1) is 22.3 Å². The molecule has 1 aliphatic heterocycles. The monoisotopic (exact) mass is 616 g/mol. The van der Waals surface area contributed by atoms with Crippen molar-refractivity contribution in [1.29, 1.82) is 0 Å². The van der Waals surface area contributed by atoms with E-state index in [2.05, 4.69) is 137 Å². The van der Waals surface area contributed by atoms with Gasteiger partial charge in [0, 0.05) is 67.6 Å². The van der Waals surface area contributed by atoms with E-state index in [1.807, 2.05) is 23.1 Å². The summed E-state index contributed by atoms with van der Waals surface area (Å²) >= 11 is 7.30. The Morgan fingerprint density at radius 1 is 0.714 bits per heavy atom. The highest BCUT2D eigenvalue weighted by Crippen LogP contribution is 2.59. The summed E-state index contributed by atoms with van der Waals surface area (Å²) in [5.74, 6) is 7.80. The van der Waals surface area contributed by atoms with Crippen LogP contribution in [0.5, 0.6) is 0 Å². The van der Waals surface area contributed by atoms with Crippen LogP contribution in [0.4, 0.5) is 0 Å². The normalized spacial score (nSPS) is 17.4. The lowest BCUT2D eigenvalue weighted by atomic mass is 9.79. The Morgan fingerprint density at radius 2 is 1.38 bits per heavy atom. The van der Waals surface area contributed by atoms with Gasteiger partial charge in [-0.25, -0.2) is 0 Å². The molecular weight excluding hydrogens is 585 g/mol. The summed E-state index contributed by atoms with van der Waals surface area (Å²) < 4.78 is 2.76. The number of thioether (sulfide) groups is 3. The van der Waals surface area contributed by atoms with Crippen molar-refractivity contribution in [3.63, 3.8) is 0 Å². The molecule has 0 saturated carbocycles. The van der Waals surface area contributed by atoms with E-state index in [1.54, 1.807) is 23.5 Å². The molecule has 2 heterocycles. The van der Waals surface area contributed by atoms with Crippen molar-refractivity contribution in [3.05, 3.63) is 94.6 Å². The number of hydrogen-bond acceptors (Lipinski definition) is 4. The third-order valence-electron chi connectivity index (χ3n) is 7.57. The minimum absolute atomic E-state index is 0.0648. The first kappa shape index (κ1) is 28.1. The molecule has 0 N–H and O–H groups in total. The lowest BCUT2D eigenvalue weighted by Gasteiger charge is -2.27. The summed E-state index contributed by atoms with van der Waals surface area (Å²) in [6.45, 7) is 13.4. The van der Waals surface area contributed by atoms with E-state index in [1.165, 1.54) is 58.1 Å². The van der Waals surface area contributed by atoms with Crippen LogP contribution in [0.15, 0.2) is 71.6 Å². The highest BCUT2D eigenvalue weighted by Gasteiger charge is 2.38. The van der Waals surface area contributed by atoms with Crippen LogP contribution < -0.4 is 0 Å². The molecule has 0 fully saturated rings. The number of rotatable bonds is 0. The van der Waals surface area contributed by atoms with Crippen LogP contribution in [0.1, 0.15) is 80.5 Å². The maximum atomic E-state index is 3.73. The first-order chi connectivity index (χ1) is 20.1. The Bertz CT molecular complexity index is 2060. The van der Waals surface area contributed by atoms with Gasteiger partial charge in [0.15, 0.2) is 0 Å². The van der Waals surface area contributed by atoms with Crippen molar-refractivity contribution in [2.45, 2.75) is 67.1 Å². The molecule has 0 spiro atoms. The molecule has 4 aromatic carbocycles. The minimum Gasteiger partial charge on any atom is -0.134 e. The topological polar surface area (TPSA) is 0 Å². The van der Waals surface area contributed by atoms with Gasteiger partial charge in [-0.3, -0.25) is 0 Å². The van der Waals surface area contributed by atoms with E-state index in [4.69, 9.17) is 0 Å². The fourth-order valence-electron chi connectivity index (χ4n) is 5.87. The third-order valence-corrected chi connectivity index (χ3v) is 11.8. The van der Waals surface area contributed by atoms with Crippen molar-refractivity contribution >= 4 is 83.6 Å². The smallest absolute Gasteiger partial charge is 0.0467 e. The summed E-state index contributed by atoms with van der Waals surface area (Å²) in [4.78, 5) is 1.38. The summed E-state index contributed by atoms with van der Waals surface area (Å²) in [6.07, 6.45) is 4.78. The Labute approximate surface area is 266 Å². The Kier molecular flexibility index (Phi) is 6.99. The van der Waals surface area contributed by atoms with E-state index in [0.717, 1.165) is 5.56 Å². The third kappa shape index (κ3) is 4.98. The summed E-state index contributed by atoms with van der Waals surface area (Å²) in [7, 11) is 0. The summed E-state index contributed by atoms with van der Waals surface area (Å²) in [6, 6.07) is 22.3. The molecule has 42 heavy (non-hydrogen) atoms. The minimum atomic E-state index is 0.0648. The van der Waals surface area contributed by atoms with Crippen molar-refractivity contribution in [1.82, 2.24) is 0 Å².